The van der Waals surface area contributed by atoms with Gasteiger partial charge in [-0.15, -0.1) is 0 Å². The number of benzene rings is 3. The van der Waals surface area contributed by atoms with Gasteiger partial charge in [0.15, 0.2) is 0 Å². The third-order valence-corrected chi connectivity index (χ3v) is 10.4. The number of rotatable bonds is 15. The first-order chi connectivity index (χ1) is 24.3. The van der Waals surface area contributed by atoms with Crippen LogP contribution in [0.25, 0.3) is 5.57 Å². The van der Waals surface area contributed by atoms with Gasteiger partial charge >= 0.3 is 5.97 Å². The van der Waals surface area contributed by atoms with Crippen molar-refractivity contribution in [2.75, 3.05) is 33.4 Å². The molecule has 2 amide bonds. The average Bonchev–Trinajstić information content (AvgIpc) is 3.97. The van der Waals surface area contributed by atoms with E-state index in [0.29, 0.717) is 44.8 Å². The van der Waals surface area contributed by atoms with E-state index in [0.717, 1.165) is 58.8 Å². The first kappa shape index (κ1) is 35.8. The molecule has 1 aliphatic carbocycles. The van der Waals surface area contributed by atoms with Crippen LogP contribution < -0.4 is 10.1 Å². The molecule has 3 aromatic rings. The lowest BCUT2D eigenvalue weighted by molar-refractivity contribution is -0.141. The number of carbonyl (C=O) groups excluding carboxylic acids is 3. The molecule has 2 atom stereocenters. The number of hydrogen-bond acceptors (Lipinski definition) is 6. The fourth-order valence-electron chi connectivity index (χ4n) is 7.02. The van der Waals surface area contributed by atoms with E-state index < -0.39 is 0 Å². The van der Waals surface area contributed by atoms with Crippen molar-refractivity contribution in [1.82, 2.24) is 15.1 Å². The molecule has 6 rings (SSSR count). The molecule has 0 spiro atoms. The molecule has 2 aliphatic heterocycles. The molecule has 3 aliphatic rings. The summed E-state index contributed by atoms with van der Waals surface area (Å²) in [6, 6.07) is 23.1. The third-order valence-electron chi connectivity index (χ3n) is 9.78. The zero-order chi connectivity index (χ0) is 35.0. The Labute approximate surface area is 302 Å². The highest BCUT2D eigenvalue weighted by atomic mass is 79.9. The van der Waals surface area contributed by atoms with E-state index in [2.05, 4.69) is 62.5 Å². The number of fused-ring (bicyclic) bond motifs is 2. The van der Waals surface area contributed by atoms with Crippen molar-refractivity contribution >= 4 is 39.3 Å². The predicted molar refractivity (Wildman–Crippen MR) is 194 cm³/mol. The highest BCUT2D eigenvalue weighted by Gasteiger charge is 2.43. The molecule has 1 N–H and O–H groups in total. The maximum Gasteiger partial charge on any atom is 0.305 e. The summed E-state index contributed by atoms with van der Waals surface area (Å²) in [6.45, 7) is 2.07. The number of aryl methyl sites for hydroxylation is 1. The molecule has 1 saturated heterocycles. The molecule has 50 heavy (non-hydrogen) atoms. The Balaban J connectivity index is 1.19. The first-order valence-corrected chi connectivity index (χ1v) is 18.4. The molecule has 0 unspecified atom stereocenters. The van der Waals surface area contributed by atoms with Crippen LogP contribution in [0, 0.1) is 5.82 Å². The SMILES string of the molecule is COC(=O)CCCC(=O)N1C[C@H]2CC(c3ccc(CCCOc4cc(F)ccc4Br)cc3)=C(C(=O)N(CCc3ccccc3)C3CC3)[C@@H](C1)N2. The maximum atomic E-state index is 14.7. The highest BCUT2D eigenvalue weighted by Crippen LogP contribution is 2.37. The van der Waals surface area contributed by atoms with Crippen LogP contribution in [0.15, 0.2) is 82.8 Å². The lowest BCUT2D eigenvalue weighted by atomic mass is 9.82. The van der Waals surface area contributed by atoms with Crippen LogP contribution in [-0.4, -0.2) is 79.1 Å². The normalized spacial score (nSPS) is 18.5. The van der Waals surface area contributed by atoms with Gasteiger partial charge in [0.25, 0.3) is 5.91 Å². The Hall–Kier alpha value is -4.02. The molecule has 2 fully saturated rings. The molecule has 264 valence electrons. The third kappa shape index (κ3) is 9.20. The molecule has 1 saturated carbocycles. The number of methoxy groups -OCH3 is 1. The number of carbonyl (C=O) groups is 3. The quantitative estimate of drug-likeness (QED) is 0.141. The Morgan fingerprint density at radius 1 is 0.940 bits per heavy atom. The summed E-state index contributed by atoms with van der Waals surface area (Å²) in [5, 5.41) is 3.69. The Morgan fingerprint density at radius 2 is 1.70 bits per heavy atom. The second kappa shape index (κ2) is 16.8. The number of nitrogens with zero attached hydrogens (tertiary/aromatic N) is 2. The van der Waals surface area contributed by atoms with E-state index in [1.807, 2.05) is 23.1 Å². The number of amides is 2. The van der Waals surface area contributed by atoms with E-state index in [4.69, 9.17) is 9.47 Å². The standard InChI is InChI=1S/C40H45BrFN3O5/c1-49-38(47)11-5-10-37(46)44-25-31-24-33(29-14-12-28(13-15-29)9-6-22-50-36-23-30(42)16-19-34(36)41)39(35(26-44)43-31)40(48)45(32-17-18-32)21-20-27-7-3-2-4-8-27/h2-4,7-8,12-16,19,23,31-32,35,43H,5-6,9-11,17-18,20-22,24-26H2,1H3/t31-,35-/m1/s1. The molecule has 10 heteroatoms. The molecule has 3 aromatic carbocycles. The topological polar surface area (TPSA) is 88.2 Å². The zero-order valence-corrected chi connectivity index (χ0v) is 30.1. The fourth-order valence-corrected chi connectivity index (χ4v) is 7.38. The monoisotopic (exact) mass is 745 g/mol. The van der Waals surface area contributed by atoms with Gasteiger partial charge in [0.2, 0.25) is 5.91 Å². The molecule has 2 bridgehead atoms. The Bertz CT molecular complexity index is 1690. The lowest BCUT2D eigenvalue weighted by Crippen LogP contribution is -2.62. The fraction of sp³-hybridized carbons (Fsp3) is 0.425. The Kier molecular flexibility index (Phi) is 12.0. The second-order valence-electron chi connectivity index (χ2n) is 13.4. The van der Waals surface area contributed by atoms with Gasteiger partial charge < -0.3 is 24.6 Å². The number of esters is 1. The largest absolute Gasteiger partial charge is 0.492 e. The second-order valence-corrected chi connectivity index (χ2v) is 14.3. The van der Waals surface area contributed by atoms with Crippen molar-refractivity contribution in [1.29, 1.82) is 0 Å². The van der Waals surface area contributed by atoms with E-state index in [9.17, 15) is 18.8 Å². The minimum Gasteiger partial charge on any atom is -0.492 e. The van der Waals surface area contributed by atoms with Crippen LogP contribution in [0.1, 0.15) is 61.6 Å². The number of hydrogen-bond donors (Lipinski definition) is 1. The molecular weight excluding hydrogens is 701 g/mol. The van der Waals surface area contributed by atoms with E-state index in [-0.39, 0.29) is 54.6 Å². The van der Waals surface area contributed by atoms with Crippen LogP contribution >= 0.6 is 15.9 Å². The Morgan fingerprint density at radius 3 is 2.44 bits per heavy atom. The smallest absolute Gasteiger partial charge is 0.305 e. The molecule has 2 heterocycles. The van der Waals surface area contributed by atoms with Gasteiger partial charge in [0, 0.05) is 56.2 Å². The van der Waals surface area contributed by atoms with Crippen molar-refractivity contribution in [2.45, 2.75) is 75.9 Å². The molecule has 0 aromatic heterocycles. The van der Waals surface area contributed by atoms with Crippen molar-refractivity contribution < 1.29 is 28.2 Å². The van der Waals surface area contributed by atoms with Crippen LogP contribution in [0.5, 0.6) is 5.75 Å². The number of nitrogens with one attached hydrogen (secondary N) is 1. The van der Waals surface area contributed by atoms with Crippen LogP contribution in [0.4, 0.5) is 4.39 Å². The van der Waals surface area contributed by atoms with Crippen molar-refractivity contribution in [2.24, 2.45) is 0 Å². The summed E-state index contributed by atoms with van der Waals surface area (Å²) in [5.74, 6) is -0.102. The maximum absolute atomic E-state index is 14.7. The number of halogens is 2. The lowest BCUT2D eigenvalue weighted by Gasteiger charge is -2.45. The van der Waals surface area contributed by atoms with Crippen molar-refractivity contribution in [3.05, 3.63) is 105 Å². The molecular formula is C40H45BrFN3O5. The summed E-state index contributed by atoms with van der Waals surface area (Å²) in [5.41, 5.74) is 5.20. The van der Waals surface area contributed by atoms with Gasteiger partial charge in [0.05, 0.1) is 24.2 Å². The summed E-state index contributed by atoms with van der Waals surface area (Å²) < 4.78 is 24.9. The van der Waals surface area contributed by atoms with Gasteiger partial charge in [-0.05, 0) is 95.3 Å². The predicted octanol–water partition coefficient (Wildman–Crippen LogP) is 6.50. The van der Waals surface area contributed by atoms with Gasteiger partial charge in [-0.25, -0.2) is 4.39 Å². The summed E-state index contributed by atoms with van der Waals surface area (Å²) in [4.78, 5) is 43.5. The van der Waals surface area contributed by atoms with Gasteiger partial charge in [0.1, 0.15) is 11.6 Å². The van der Waals surface area contributed by atoms with Crippen LogP contribution in [0.3, 0.4) is 0 Å². The van der Waals surface area contributed by atoms with Crippen molar-refractivity contribution in [3.63, 3.8) is 0 Å². The summed E-state index contributed by atoms with van der Waals surface area (Å²) >= 11 is 3.41. The van der Waals surface area contributed by atoms with E-state index >= 15 is 0 Å². The van der Waals surface area contributed by atoms with E-state index in [1.54, 1.807) is 6.07 Å². The number of piperazine rings is 1. The molecule has 0 radical (unpaired) electrons. The van der Waals surface area contributed by atoms with Crippen molar-refractivity contribution in [3.8, 4) is 5.75 Å². The van der Waals surface area contributed by atoms with Gasteiger partial charge in [-0.1, -0.05) is 54.6 Å². The van der Waals surface area contributed by atoms with Gasteiger partial charge in [-0.3, -0.25) is 14.4 Å². The summed E-state index contributed by atoms with van der Waals surface area (Å²) in [6.07, 6.45) is 5.91. The van der Waals surface area contributed by atoms with Crippen LogP contribution in [-0.2, 0) is 32.0 Å². The average molecular weight is 747 g/mol. The van der Waals surface area contributed by atoms with Gasteiger partial charge in [-0.2, -0.15) is 0 Å². The minimum absolute atomic E-state index is 0.00173. The minimum atomic E-state index is -0.334. The highest BCUT2D eigenvalue weighted by molar-refractivity contribution is 9.10. The first-order valence-electron chi connectivity index (χ1n) is 17.6. The van der Waals surface area contributed by atoms with E-state index in [1.165, 1.54) is 24.8 Å². The summed E-state index contributed by atoms with van der Waals surface area (Å²) in [7, 11) is 1.36. The van der Waals surface area contributed by atoms with Crippen LogP contribution in [0.2, 0.25) is 0 Å². The molecule has 8 nitrogen and oxygen atoms in total. The number of ether oxygens (including phenoxy) is 2. The zero-order valence-electron chi connectivity index (χ0n) is 28.5.